The summed E-state index contributed by atoms with van der Waals surface area (Å²) in [6.07, 6.45) is -0.208. The van der Waals surface area contributed by atoms with E-state index in [1.54, 1.807) is 14.0 Å². The summed E-state index contributed by atoms with van der Waals surface area (Å²) in [6.45, 7) is 2.19. The first-order valence-corrected chi connectivity index (χ1v) is 4.97. The predicted octanol–water partition coefficient (Wildman–Crippen LogP) is 1.85. The van der Waals surface area contributed by atoms with Gasteiger partial charge in [0.25, 0.3) is 0 Å². The SMILES string of the molecule is COCC(C)Oc1ccc(Cl)c(C(=O)O)n1. The van der Waals surface area contributed by atoms with Crippen molar-refractivity contribution in [3.8, 4) is 5.88 Å². The number of aromatic nitrogens is 1. The second-order valence-corrected chi connectivity index (χ2v) is 3.58. The predicted molar refractivity (Wildman–Crippen MR) is 58.2 cm³/mol. The molecule has 1 unspecified atom stereocenters. The maximum absolute atomic E-state index is 10.8. The quantitative estimate of drug-likeness (QED) is 0.857. The minimum Gasteiger partial charge on any atom is -0.476 e. The minimum absolute atomic E-state index is 0.0826. The molecule has 0 aliphatic heterocycles. The number of methoxy groups -OCH3 is 1. The number of ether oxygens (including phenoxy) is 2. The van der Waals surface area contributed by atoms with Gasteiger partial charge in [-0.2, -0.15) is 0 Å². The van der Waals surface area contributed by atoms with Gasteiger partial charge in [0.2, 0.25) is 5.88 Å². The van der Waals surface area contributed by atoms with Crippen LogP contribution >= 0.6 is 11.6 Å². The van der Waals surface area contributed by atoms with Crippen LogP contribution in [0.3, 0.4) is 0 Å². The number of halogens is 1. The van der Waals surface area contributed by atoms with Crippen LogP contribution in [-0.4, -0.2) is 35.9 Å². The summed E-state index contributed by atoms with van der Waals surface area (Å²) >= 11 is 5.67. The van der Waals surface area contributed by atoms with E-state index >= 15 is 0 Å². The highest BCUT2D eigenvalue weighted by Gasteiger charge is 2.13. The topological polar surface area (TPSA) is 68.7 Å². The highest BCUT2D eigenvalue weighted by Crippen LogP contribution is 2.18. The van der Waals surface area contributed by atoms with Crippen LogP contribution in [0.1, 0.15) is 17.4 Å². The summed E-state index contributed by atoms with van der Waals surface area (Å²) in [7, 11) is 1.55. The monoisotopic (exact) mass is 245 g/mol. The van der Waals surface area contributed by atoms with Gasteiger partial charge >= 0.3 is 5.97 Å². The van der Waals surface area contributed by atoms with E-state index in [1.165, 1.54) is 12.1 Å². The highest BCUT2D eigenvalue weighted by molar-refractivity contribution is 6.33. The summed E-state index contributed by atoms with van der Waals surface area (Å²) < 4.78 is 10.2. The van der Waals surface area contributed by atoms with Gasteiger partial charge in [0.05, 0.1) is 11.6 Å². The van der Waals surface area contributed by atoms with Crippen molar-refractivity contribution in [2.75, 3.05) is 13.7 Å². The molecule has 5 nitrogen and oxygen atoms in total. The average molecular weight is 246 g/mol. The first-order valence-electron chi connectivity index (χ1n) is 4.60. The summed E-state index contributed by atoms with van der Waals surface area (Å²) in [4.78, 5) is 14.5. The van der Waals surface area contributed by atoms with Gasteiger partial charge in [-0.05, 0) is 13.0 Å². The smallest absolute Gasteiger partial charge is 0.356 e. The van der Waals surface area contributed by atoms with E-state index < -0.39 is 5.97 Å². The van der Waals surface area contributed by atoms with Crippen LogP contribution in [0.15, 0.2) is 12.1 Å². The Morgan fingerprint density at radius 1 is 1.62 bits per heavy atom. The Labute approximate surface area is 98.0 Å². The summed E-state index contributed by atoms with van der Waals surface area (Å²) in [6, 6.07) is 2.95. The maximum Gasteiger partial charge on any atom is 0.356 e. The lowest BCUT2D eigenvalue weighted by atomic mass is 10.3. The molecule has 0 amide bonds. The molecule has 1 N–H and O–H groups in total. The molecule has 1 rings (SSSR count). The van der Waals surface area contributed by atoms with E-state index in [4.69, 9.17) is 26.2 Å². The molecule has 6 heteroatoms. The third-order valence-electron chi connectivity index (χ3n) is 1.75. The zero-order valence-corrected chi connectivity index (χ0v) is 9.69. The summed E-state index contributed by atoms with van der Waals surface area (Å²) in [5.74, 6) is -0.971. The van der Waals surface area contributed by atoms with Crippen LogP contribution < -0.4 is 4.74 Å². The lowest BCUT2D eigenvalue weighted by Gasteiger charge is -2.13. The van der Waals surface area contributed by atoms with Crippen LogP contribution in [0.5, 0.6) is 5.88 Å². The molecular formula is C10H12ClNO4. The van der Waals surface area contributed by atoms with Crippen LogP contribution in [-0.2, 0) is 4.74 Å². The van der Waals surface area contributed by atoms with Crippen LogP contribution in [0, 0.1) is 0 Å². The van der Waals surface area contributed by atoms with E-state index in [0.29, 0.717) is 6.61 Å². The Bertz CT molecular complexity index is 383. The second kappa shape index (κ2) is 5.67. The van der Waals surface area contributed by atoms with Crippen molar-refractivity contribution < 1.29 is 19.4 Å². The lowest BCUT2D eigenvalue weighted by Crippen LogP contribution is -2.19. The van der Waals surface area contributed by atoms with Gasteiger partial charge in [-0.15, -0.1) is 0 Å². The van der Waals surface area contributed by atoms with Gasteiger partial charge in [0, 0.05) is 13.2 Å². The van der Waals surface area contributed by atoms with Gasteiger partial charge in [0.15, 0.2) is 5.69 Å². The molecule has 1 aromatic heterocycles. The molecule has 0 aliphatic rings. The Morgan fingerprint density at radius 3 is 2.88 bits per heavy atom. The number of pyridine rings is 1. The van der Waals surface area contributed by atoms with Gasteiger partial charge in [-0.1, -0.05) is 11.6 Å². The number of rotatable bonds is 5. The fraction of sp³-hybridized carbons (Fsp3) is 0.400. The third-order valence-corrected chi connectivity index (χ3v) is 2.05. The fourth-order valence-corrected chi connectivity index (χ4v) is 1.30. The molecule has 88 valence electrons. The number of hydrogen-bond acceptors (Lipinski definition) is 4. The first kappa shape index (κ1) is 12.7. The molecule has 1 atom stereocenters. The molecule has 0 aliphatic carbocycles. The van der Waals surface area contributed by atoms with Crippen molar-refractivity contribution in [1.29, 1.82) is 0 Å². The Kier molecular flexibility index (Phi) is 4.52. The van der Waals surface area contributed by atoms with E-state index in [-0.39, 0.29) is 22.7 Å². The van der Waals surface area contributed by atoms with Crippen molar-refractivity contribution in [3.05, 3.63) is 22.8 Å². The Morgan fingerprint density at radius 2 is 2.31 bits per heavy atom. The van der Waals surface area contributed by atoms with Crippen LogP contribution in [0.4, 0.5) is 0 Å². The molecule has 0 bridgehead atoms. The fourth-order valence-electron chi connectivity index (χ4n) is 1.11. The highest BCUT2D eigenvalue weighted by atomic mass is 35.5. The summed E-state index contributed by atoms with van der Waals surface area (Å²) in [5.41, 5.74) is -0.219. The van der Waals surface area contributed by atoms with Crippen molar-refractivity contribution >= 4 is 17.6 Å². The summed E-state index contributed by atoms with van der Waals surface area (Å²) in [5, 5.41) is 8.88. The molecular weight excluding hydrogens is 234 g/mol. The zero-order valence-electron chi connectivity index (χ0n) is 8.94. The Hall–Kier alpha value is -1.33. The molecule has 1 aromatic rings. The lowest BCUT2D eigenvalue weighted by molar-refractivity contribution is 0.0683. The normalized spacial score (nSPS) is 12.2. The number of carbonyl (C=O) groups is 1. The number of carboxylic acid groups (broad SMARTS) is 1. The average Bonchev–Trinajstić information content (AvgIpc) is 2.21. The molecule has 0 fully saturated rings. The molecule has 0 saturated heterocycles. The third kappa shape index (κ3) is 3.36. The largest absolute Gasteiger partial charge is 0.476 e. The number of carboxylic acids is 1. The number of aromatic carboxylic acids is 1. The van der Waals surface area contributed by atoms with E-state index in [9.17, 15) is 4.79 Å². The van der Waals surface area contributed by atoms with Gasteiger partial charge in [-0.25, -0.2) is 9.78 Å². The van der Waals surface area contributed by atoms with Crippen LogP contribution in [0.2, 0.25) is 5.02 Å². The second-order valence-electron chi connectivity index (χ2n) is 3.17. The maximum atomic E-state index is 10.8. The molecule has 1 heterocycles. The molecule has 0 spiro atoms. The molecule has 0 saturated carbocycles. The number of hydrogen-bond donors (Lipinski definition) is 1. The van der Waals surface area contributed by atoms with E-state index in [1.807, 2.05) is 0 Å². The van der Waals surface area contributed by atoms with Crippen LogP contribution in [0.25, 0.3) is 0 Å². The zero-order chi connectivity index (χ0) is 12.1. The van der Waals surface area contributed by atoms with E-state index in [0.717, 1.165) is 0 Å². The van der Waals surface area contributed by atoms with Gasteiger partial charge in [0.1, 0.15) is 6.10 Å². The van der Waals surface area contributed by atoms with Crippen molar-refractivity contribution in [2.45, 2.75) is 13.0 Å². The molecule has 0 aromatic carbocycles. The molecule has 0 radical (unpaired) electrons. The number of nitrogens with zero attached hydrogens (tertiary/aromatic N) is 1. The van der Waals surface area contributed by atoms with E-state index in [2.05, 4.69) is 4.98 Å². The van der Waals surface area contributed by atoms with Crippen molar-refractivity contribution in [1.82, 2.24) is 4.98 Å². The Balaban J connectivity index is 2.82. The first-order chi connectivity index (χ1) is 7.54. The molecule has 16 heavy (non-hydrogen) atoms. The standard InChI is InChI=1S/C10H12ClNO4/c1-6(5-15-2)16-8-4-3-7(11)9(12-8)10(13)14/h3-4,6H,5H2,1-2H3,(H,13,14). The minimum atomic E-state index is -1.19. The van der Waals surface area contributed by atoms with Gasteiger partial charge < -0.3 is 14.6 Å². The van der Waals surface area contributed by atoms with Gasteiger partial charge in [-0.3, -0.25) is 0 Å². The van der Waals surface area contributed by atoms with Crippen molar-refractivity contribution in [2.24, 2.45) is 0 Å². The van der Waals surface area contributed by atoms with Crippen molar-refractivity contribution in [3.63, 3.8) is 0 Å².